The summed E-state index contributed by atoms with van der Waals surface area (Å²) < 4.78 is 24.7. The lowest BCUT2D eigenvalue weighted by atomic mass is 10.2. The third kappa shape index (κ3) is 2.19. The van der Waals surface area contributed by atoms with Crippen molar-refractivity contribution in [1.82, 2.24) is 4.98 Å². The largest absolute Gasteiger partial charge is 0.281 e. The summed E-state index contributed by atoms with van der Waals surface area (Å²) in [5.41, 5.74) is -0.486. The number of carbonyl (C=O) groups is 1. The van der Waals surface area contributed by atoms with E-state index >= 15 is 0 Å². The van der Waals surface area contributed by atoms with E-state index in [1.807, 2.05) is 0 Å². The van der Waals surface area contributed by atoms with E-state index in [1.54, 1.807) is 0 Å². The molecule has 1 aromatic heterocycles. The molecular weight excluding hydrogens is 235 g/mol. The highest BCUT2D eigenvalue weighted by atomic mass is 35.5. The fourth-order valence-electron chi connectivity index (χ4n) is 0.969. The Morgan fingerprint density at radius 1 is 1.57 bits per heavy atom. The third-order valence-electron chi connectivity index (χ3n) is 1.53. The molecule has 0 aliphatic heterocycles. The second-order valence-corrected chi connectivity index (χ2v) is 3.31. The van der Waals surface area contributed by atoms with E-state index in [0.29, 0.717) is 0 Å². The Morgan fingerprint density at radius 3 is 2.57 bits per heavy atom. The van der Waals surface area contributed by atoms with E-state index < -0.39 is 17.4 Å². The summed E-state index contributed by atoms with van der Waals surface area (Å²) in [7, 11) is 0. The predicted molar refractivity (Wildman–Crippen MR) is 49.1 cm³/mol. The van der Waals surface area contributed by atoms with Crippen LogP contribution in [0.15, 0.2) is 6.07 Å². The summed E-state index contributed by atoms with van der Waals surface area (Å²) in [6.45, 7) is 1.48. The zero-order valence-electron chi connectivity index (χ0n) is 7.02. The molecule has 0 radical (unpaired) electrons. The second-order valence-electron chi connectivity index (χ2n) is 2.58. The van der Waals surface area contributed by atoms with Crippen molar-refractivity contribution in [3.05, 3.63) is 28.0 Å². The smallest absolute Gasteiger partial charge is 0.276 e. The van der Waals surface area contributed by atoms with Gasteiger partial charge in [0.15, 0.2) is 0 Å². The molecule has 0 bridgehead atoms. The summed E-state index contributed by atoms with van der Waals surface area (Å²) in [5.74, 6) is 0. The molecule has 14 heavy (non-hydrogen) atoms. The molecule has 0 saturated heterocycles. The van der Waals surface area contributed by atoms with Crippen LogP contribution in [-0.2, 0) is 0 Å². The summed E-state index contributed by atoms with van der Waals surface area (Å²) in [6, 6.07) is 1.27. The molecule has 1 rings (SSSR count). The van der Waals surface area contributed by atoms with Crippen LogP contribution in [0.3, 0.4) is 0 Å². The number of hydrogen-bond donors (Lipinski definition) is 0. The number of aromatic nitrogens is 1. The molecule has 0 unspecified atom stereocenters. The molecule has 1 heterocycles. The van der Waals surface area contributed by atoms with E-state index in [0.717, 1.165) is 0 Å². The molecule has 0 amide bonds. The Hall–Kier alpha value is -0.740. The molecule has 0 aromatic carbocycles. The zero-order valence-corrected chi connectivity index (χ0v) is 8.53. The number of alkyl halides is 2. The van der Waals surface area contributed by atoms with Crippen LogP contribution >= 0.6 is 23.2 Å². The van der Waals surface area contributed by atoms with E-state index in [9.17, 15) is 13.6 Å². The van der Waals surface area contributed by atoms with Crippen molar-refractivity contribution in [3.63, 3.8) is 0 Å². The highest BCUT2D eigenvalue weighted by molar-refractivity contribution is 6.68. The van der Waals surface area contributed by atoms with Crippen LogP contribution in [0.5, 0.6) is 0 Å². The Bertz CT molecular complexity index is 382. The molecule has 0 fully saturated rings. The van der Waals surface area contributed by atoms with Crippen molar-refractivity contribution in [3.8, 4) is 0 Å². The first kappa shape index (κ1) is 11.3. The maximum Gasteiger partial charge on any atom is 0.281 e. The minimum absolute atomic E-state index is 0.142. The number of hydrogen-bond acceptors (Lipinski definition) is 2. The van der Waals surface area contributed by atoms with E-state index in [4.69, 9.17) is 23.2 Å². The summed E-state index contributed by atoms with van der Waals surface area (Å²) in [6.07, 6.45) is -2.82. The SMILES string of the molecule is Cc1cc(C(=O)Cl)c(Cl)c(C(F)F)n1. The van der Waals surface area contributed by atoms with Crippen molar-refractivity contribution in [2.45, 2.75) is 13.3 Å². The van der Waals surface area contributed by atoms with Crippen molar-refractivity contribution < 1.29 is 13.6 Å². The monoisotopic (exact) mass is 239 g/mol. The zero-order chi connectivity index (χ0) is 10.9. The predicted octanol–water partition coefficient (Wildman–Crippen LogP) is 3.36. The summed E-state index contributed by atoms with van der Waals surface area (Å²) in [5, 5.41) is -1.26. The third-order valence-corrected chi connectivity index (χ3v) is 2.13. The van der Waals surface area contributed by atoms with Crippen molar-refractivity contribution >= 4 is 28.4 Å². The van der Waals surface area contributed by atoms with Gasteiger partial charge in [0.1, 0.15) is 5.69 Å². The standard InChI is InChI=1S/C8H5Cl2F2NO/c1-3-2-4(7(10)14)5(9)6(13-3)8(11)12/h2,8H,1H3. The fraction of sp³-hybridized carbons (Fsp3) is 0.250. The minimum atomic E-state index is -2.82. The Labute approximate surface area is 88.8 Å². The molecule has 2 nitrogen and oxygen atoms in total. The van der Waals surface area contributed by atoms with Crippen LogP contribution < -0.4 is 0 Å². The van der Waals surface area contributed by atoms with Gasteiger partial charge in [-0.15, -0.1) is 0 Å². The van der Waals surface area contributed by atoms with Crippen LogP contribution in [0.25, 0.3) is 0 Å². The Balaban J connectivity index is 3.40. The Kier molecular flexibility index (Phi) is 3.39. The van der Waals surface area contributed by atoms with E-state index in [1.165, 1.54) is 13.0 Å². The van der Waals surface area contributed by atoms with Gasteiger partial charge in [0.05, 0.1) is 10.6 Å². The lowest BCUT2D eigenvalue weighted by Gasteiger charge is -2.06. The van der Waals surface area contributed by atoms with Gasteiger partial charge in [-0.1, -0.05) is 11.6 Å². The first-order valence-corrected chi connectivity index (χ1v) is 4.34. The normalized spacial score (nSPS) is 10.7. The molecule has 0 spiro atoms. The number of rotatable bonds is 2. The van der Waals surface area contributed by atoms with Gasteiger partial charge in [0.2, 0.25) is 0 Å². The van der Waals surface area contributed by atoms with Gasteiger partial charge in [0.25, 0.3) is 11.7 Å². The quantitative estimate of drug-likeness (QED) is 0.742. The number of nitrogens with zero attached hydrogens (tertiary/aromatic N) is 1. The molecule has 76 valence electrons. The van der Waals surface area contributed by atoms with Gasteiger partial charge in [-0.2, -0.15) is 0 Å². The van der Waals surface area contributed by atoms with Gasteiger partial charge in [0, 0.05) is 5.69 Å². The molecule has 1 aromatic rings. The van der Waals surface area contributed by atoms with Crippen molar-refractivity contribution in [2.24, 2.45) is 0 Å². The topological polar surface area (TPSA) is 30.0 Å². The molecular formula is C8H5Cl2F2NO. The molecule has 6 heteroatoms. The number of halogens is 4. The van der Waals surface area contributed by atoms with Crippen molar-refractivity contribution in [1.29, 1.82) is 0 Å². The van der Waals surface area contributed by atoms with E-state index in [-0.39, 0.29) is 16.3 Å². The highest BCUT2D eigenvalue weighted by Crippen LogP contribution is 2.29. The maximum atomic E-state index is 12.3. The average molecular weight is 240 g/mol. The fourth-order valence-corrected chi connectivity index (χ4v) is 1.43. The maximum absolute atomic E-state index is 12.3. The lowest BCUT2D eigenvalue weighted by Crippen LogP contribution is -2.01. The highest BCUT2D eigenvalue weighted by Gasteiger charge is 2.20. The first-order valence-electron chi connectivity index (χ1n) is 3.58. The molecule has 0 aliphatic rings. The summed E-state index contributed by atoms with van der Waals surface area (Å²) in [4.78, 5) is 14.3. The molecule has 0 atom stereocenters. The van der Waals surface area contributed by atoms with Crippen molar-refractivity contribution in [2.75, 3.05) is 0 Å². The minimum Gasteiger partial charge on any atom is -0.276 e. The van der Waals surface area contributed by atoms with Crippen LogP contribution in [0, 0.1) is 6.92 Å². The average Bonchev–Trinajstić information content (AvgIpc) is 2.07. The van der Waals surface area contributed by atoms with Crippen LogP contribution in [0.2, 0.25) is 5.02 Å². The van der Waals surface area contributed by atoms with E-state index in [2.05, 4.69) is 4.98 Å². The van der Waals surface area contributed by atoms with Crippen LogP contribution in [0.1, 0.15) is 28.2 Å². The van der Waals surface area contributed by atoms with Gasteiger partial charge < -0.3 is 0 Å². The first-order chi connectivity index (χ1) is 6.43. The Morgan fingerprint density at radius 2 is 2.14 bits per heavy atom. The van der Waals surface area contributed by atoms with Gasteiger partial charge in [-0.05, 0) is 24.6 Å². The molecule has 0 saturated carbocycles. The molecule has 0 aliphatic carbocycles. The van der Waals surface area contributed by atoms with Crippen LogP contribution in [0.4, 0.5) is 8.78 Å². The molecule has 0 N–H and O–H groups in total. The van der Waals surface area contributed by atoms with Gasteiger partial charge >= 0.3 is 0 Å². The lowest BCUT2D eigenvalue weighted by molar-refractivity contribution is 0.108. The summed E-state index contributed by atoms with van der Waals surface area (Å²) >= 11 is 10.7. The van der Waals surface area contributed by atoms with Gasteiger partial charge in [-0.25, -0.2) is 8.78 Å². The number of carbonyl (C=O) groups excluding carboxylic acids is 1. The number of pyridine rings is 1. The van der Waals surface area contributed by atoms with Gasteiger partial charge in [-0.3, -0.25) is 9.78 Å². The number of aryl methyl sites for hydroxylation is 1. The second kappa shape index (κ2) is 4.19. The van der Waals surface area contributed by atoms with Crippen LogP contribution in [-0.4, -0.2) is 10.2 Å².